The number of aromatic nitrogens is 2. The molecule has 0 radical (unpaired) electrons. The lowest BCUT2D eigenvalue weighted by molar-refractivity contribution is -0.137. The van der Waals surface area contributed by atoms with Gasteiger partial charge in [-0.05, 0) is 41.0 Å². The number of rotatable bonds is 4. The summed E-state index contributed by atoms with van der Waals surface area (Å²) in [5.74, 6) is -0.176. The Kier molecular flexibility index (Phi) is 5.44. The highest BCUT2D eigenvalue weighted by molar-refractivity contribution is 5.99. The number of hydrogen-bond donors (Lipinski definition) is 2. The molecule has 0 spiro atoms. The number of carbonyl (C=O) groups excluding carboxylic acids is 1. The minimum absolute atomic E-state index is 0.109. The van der Waals surface area contributed by atoms with Gasteiger partial charge in [0.25, 0.3) is 0 Å². The normalized spacial score (nSPS) is 12.2. The number of fused-ring (bicyclic) bond motifs is 1. The predicted molar refractivity (Wildman–Crippen MR) is 118 cm³/mol. The SMILES string of the molecule is CNC(=O)/C=C(\c1ccccc1)c1ccc2nc(N)c(-c3cccc(C(F)(F)F)c3)n2c1. The lowest BCUT2D eigenvalue weighted by Crippen LogP contribution is -2.15. The van der Waals surface area contributed by atoms with Crippen molar-refractivity contribution in [3.63, 3.8) is 0 Å². The second-order valence-electron chi connectivity index (χ2n) is 7.11. The first kappa shape index (κ1) is 21.2. The van der Waals surface area contributed by atoms with Gasteiger partial charge in [0.2, 0.25) is 5.91 Å². The van der Waals surface area contributed by atoms with Crippen LogP contribution in [0.25, 0.3) is 22.5 Å². The Hall–Kier alpha value is -4.07. The van der Waals surface area contributed by atoms with Gasteiger partial charge in [0.15, 0.2) is 5.82 Å². The molecule has 2 heterocycles. The van der Waals surface area contributed by atoms with Gasteiger partial charge >= 0.3 is 6.18 Å². The van der Waals surface area contributed by atoms with E-state index in [9.17, 15) is 18.0 Å². The summed E-state index contributed by atoms with van der Waals surface area (Å²) in [6.07, 6.45) is -1.29. The van der Waals surface area contributed by atoms with Gasteiger partial charge in [-0.15, -0.1) is 0 Å². The number of amides is 1. The van der Waals surface area contributed by atoms with Gasteiger partial charge in [-0.2, -0.15) is 13.2 Å². The molecule has 0 saturated carbocycles. The maximum atomic E-state index is 13.2. The molecule has 0 saturated heterocycles. The van der Waals surface area contributed by atoms with E-state index in [1.54, 1.807) is 28.8 Å². The van der Waals surface area contributed by atoms with Crippen LogP contribution in [0.3, 0.4) is 0 Å². The zero-order valence-electron chi connectivity index (χ0n) is 17.0. The fourth-order valence-corrected chi connectivity index (χ4v) is 3.51. The number of likely N-dealkylation sites (N-methyl/N-ethyl adjacent to an activating group) is 1. The molecule has 2 aromatic carbocycles. The Balaban J connectivity index is 1.91. The molecular weight excluding hydrogens is 417 g/mol. The van der Waals surface area contributed by atoms with Gasteiger partial charge in [-0.1, -0.05) is 42.5 Å². The number of benzene rings is 2. The number of imidazole rings is 1. The van der Waals surface area contributed by atoms with Gasteiger partial charge in [-0.3, -0.25) is 9.20 Å². The van der Waals surface area contributed by atoms with Gasteiger partial charge in [0, 0.05) is 24.9 Å². The number of hydrogen-bond acceptors (Lipinski definition) is 3. The highest BCUT2D eigenvalue weighted by atomic mass is 19.4. The van der Waals surface area contributed by atoms with Crippen LogP contribution >= 0.6 is 0 Å². The van der Waals surface area contributed by atoms with Crippen LogP contribution in [0.2, 0.25) is 0 Å². The van der Waals surface area contributed by atoms with Crippen molar-refractivity contribution in [2.24, 2.45) is 0 Å². The first-order chi connectivity index (χ1) is 15.3. The van der Waals surface area contributed by atoms with E-state index in [-0.39, 0.29) is 11.7 Å². The third-order valence-corrected chi connectivity index (χ3v) is 5.03. The van der Waals surface area contributed by atoms with E-state index in [0.717, 1.165) is 17.7 Å². The summed E-state index contributed by atoms with van der Waals surface area (Å²) < 4.78 is 41.4. The van der Waals surface area contributed by atoms with Crippen LogP contribution in [0.15, 0.2) is 79.0 Å². The molecule has 0 atom stereocenters. The molecular formula is C24H19F3N4O. The molecule has 3 N–H and O–H groups in total. The molecule has 0 unspecified atom stereocenters. The van der Waals surface area contributed by atoms with E-state index in [0.29, 0.717) is 28.0 Å². The summed E-state index contributed by atoms with van der Waals surface area (Å²) in [7, 11) is 1.53. The highest BCUT2D eigenvalue weighted by Gasteiger charge is 2.31. The lowest BCUT2D eigenvalue weighted by atomic mass is 9.98. The first-order valence-corrected chi connectivity index (χ1v) is 9.72. The van der Waals surface area contributed by atoms with Crippen LogP contribution in [-0.2, 0) is 11.0 Å². The smallest absolute Gasteiger partial charge is 0.382 e. The number of halogens is 3. The molecule has 4 rings (SSSR count). The summed E-state index contributed by atoms with van der Waals surface area (Å²) in [6, 6.07) is 17.8. The molecule has 0 aliphatic heterocycles. The van der Waals surface area contributed by atoms with Crippen LogP contribution in [0, 0.1) is 0 Å². The number of nitrogen functional groups attached to an aromatic ring is 1. The van der Waals surface area contributed by atoms with E-state index in [2.05, 4.69) is 10.3 Å². The van der Waals surface area contributed by atoms with Crippen LogP contribution in [0.1, 0.15) is 16.7 Å². The molecule has 8 heteroatoms. The minimum Gasteiger partial charge on any atom is -0.382 e. The number of nitrogens with two attached hydrogens (primary N) is 1. The van der Waals surface area contributed by atoms with Gasteiger partial charge in [0.05, 0.1) is 11.3 Å². The maximum Gasteiger partial charge on any atom is 0.416 e. The Bertz CT molecular complexity index is 1320. The van der Waals surface area contributed by atoms with Gasteiger partial charge in [0.1, 0.15) is 5.65 Å². The number of nitrogens with one attached hydrogen (secondary N) is 1. The van der Waals surface area contributed by atoms with Crippen LogP contribution in [0.5, 0.6) is 0 Å². The molecule has 0 fully saturated rings. The fourth-order valence-electron chi connectivity index (χ4n) is 3.51. The van der Waals surface area contributed by atoms with Gasteiger partial charge < -0.3 is 11.1 Å². The minimum atomic E-state index is -4.48. The third-order valence-electron chi connectivity index (χ3n) is 5.03. The average molecular weight is 436 g/mol. The largest absolute Gasteiger partial charge is 0.416 e. The molecule has 2 aromatic heterocycles. The topological polar surface area (TPSA) is 72.4 Å². The van der Waals surface area contributed by atoms with E-state index in [1.807, 2.05) is 30.3 Å². The van der Waals surface area contributed by atoms with Crippen LogP contribution in [0.4, 0.5) is 19.0 Å². The zero-order chi connectivity index (χ0) is 22.9. The summed E-state index contributed by atoms with van der Waals surface area (Å²) in [5, 5.41) is 2.57. The average Bonchev–Trinajstić information content (AvgIpc) is 3.12. The summed E-state index contributed by atoms with van der Waals surface area (Å²) in [5.41, 5.74) is 8.57. The van der Waals surface area contributed by atoms with Crippen LogP contribution in [-0.4, -0.2) is 22.3 Å². The monoisotopic (exact) mass is 436 g/mol. The second kappa shape index (κ2) is 8.22. The predicted octanol–water partition coefficient (Wildman–Crippen LogP) is 4.78. The Morgan fingerprint density at radius 2 is 1.78 bits per heavy atom. The van der Waals surface area contributed by atoms with Crippen molar-refractivity contribution in [3.8, 4) is 11.3 Å². The summed E-state index contributed by atoms with van der Waals surface area (Å²) in [6.45, 7) is 0. The number of alkyl halides is 3. The van der Waals surface area contributed by atoms with E-state index < -0.39 is 11.7 Å². The van der Waals surface area contributed by atoms with Crippen LogP contribution < -0.4 is 11.1 Å². The Labute approximate surface area is 182 Å². The number of nitrogens with zero attached hydrogens (tertiary/aromatic N) is 2. The number of carbonyl (C=O) groups is 1. The summed E-state index contributed by atoms with van der Waals surface area (Å²) >= 11 is 0. The fraction of sp³-hybridized carbons (Fsp3) is 0.0833. The number of pyridine rings is 1. The highest BCUT2D eigenvalue weighted by Crippen LogP contribution is 2.35. The van der Waals surface area contributed by atoms with E-state index in [1.165, 1.54) is 19.2 Å². The third kappa shape index (κ3) is 4.07. The van der Waals surface area contributed by atoms with Gasteiger partial charge in [-0.25, -0.2) is 4.98 Å². The second-order valence-corrected chi connectivity index (χ2v) is 7.11. The van der Waals surface area contributed by atoms with Crippen molar-refractivity contribution < 1.29 is 18.0 Å². The maximum absolute atomic E-state index is 13.2. The Morgan fingerprint density at radius 1 is 1.03 bits per heavy atom. The zero-order valence-corrected chi connectivity index (χ0v) is 17.0. The summed E-state index contributed by atoms with van der Waals surface area (Å²) in [4.78, 5) is 16.4. The molecule has 0 aliphatic rings. The molecule has 0 aliphatic carbocycles. The Morgan fingerprint density at radius 3 is 2.47 bits per heavy atom. The quantitative estimate of drug-likeness (QED) is 0.452. The molecule has 5 nitrogen and oxygen atoms in total. The molecule has 162 valence electrons. The van der Waals surface area contributed by atoms with Crippen molar-refractivity contribution >= 4 is 22.9 Å². The van der Waals surface area contributed by atoms with Crippen molar-refractivity contribution in [3.05, 3.63) is 95.7 Å². The molecule has 1 amide bonds. The van der Waals surface area contributed by atoms with Crippen molar-refractivity contribution in [1.82, 2.24) is 14.7 Å². The molecule has 32 heavy (non-hydrogen) atoms. The molecule has 4 aromatic rings. The lowest BCUT2D eigenvalue weighted by Gasteiger charge is -2.12. The standard InChI is InChI=1S/C24H19F3N4O/c1-29-21(32)13-19(15-6-3-2-4-7-15)17-10-11-20-30-23(28)22(31(20)14-17)16-8-5-9-18(12-16)24(25,26)27/h2-14H,28H2,1H3,(H,29,32)/b19-13+. The van der Waals surface area contributed by atoms with E-state index >= 15 is 0 Å². The van der Waals surface area contributed by atoms with Crippen molar-refractivity contribution in [2.75, 3.05) is 12.8 Å². The number of anilines is 1. The van der Waals surface area contributed by atoms with Crippen molar-refractivity contribution in [2.45, 2.75) is 6.18 Å². The first-order valence-electron chi connectivity index (χ1n) is 9.72. The molecule has 0 bridgehead atoms. The van der Waals surface area contributed by atoms with E-state index in [4.69, 9.17) is 5.73 Å². The van der Waals surface area contributed by atoms with Crippen molar-refractivity contribution in [1.29, 1.82) is 0 Å².